The lowest BCUT2D eigenvalue weighted by Crippen LogP contribution is -2.27. The molecule has 0 aromatic heterocycles. The monoisotopic (exact) mass is 790 g/mol. The molecule has 0 aliphatic carbocycles. The number of methoxy groups -OCH3 is 4. The lowest BCUT2D eigenvalue weighted by atomic mass is 10.1. The Morgan fingerprint density at radius 3 is 1.43 bits per heavy atom. The SMILES string of the molecule is COc1ccc(CCN)cc1OC.COc1ccc(CCNC(=O)Cc2ccc(Br)cc2)cc1OC.O=C(Cl)Cc1ccc(Br)cc1. The average Bonchev–Trinajstić information content (AvgIpc) is 3.07. The van der Waals surface area contributed by atoms with Crippen molar-refractivity contribution >= 4 is 54.6 Å². The van der Waals surface area contributed by atoms with Crippen LogP contribution >= 0.6 is 43.5 Å². The molecule has 0 aliphatic rings. The smallest absolute Gasteiger partial charge is 0.226 e. The topological polar surface area (TPSA) is 109 Å². The highest BCUT2D eigenvalue weighted by molar-refractivity contribution is 9.10. The van der Waals surface area contributed by atoms with Crippen molar-refractivity contribution in [3.8, 4) is 23.0 Å². The fourth-order valence-electron chi connectivity index (χ4n) is 4.20. The Hall–Kier alpha value is -3.57. The number of halogens is 3. The maximum atomic E-state index is 11.9. The molecule has 4 aromatic carbocycles. The van der Waals surface area contributed by atoms with Crippen LogP contribution in [0.4, 0.5) is 0 Å². The fourth-order valence-corrected chi connectivity index (χ4v) is 4.88. The first-order valence-corrected chi connectivity index (χ1v) is 16.6. The van der Waals surface area contributed by atoms with Crippen LogP contribution in [-0.2, 0) is 35.3 Å². The number of rotatable bonds is 13. The van der Waals surface area contributed by atoms with E-state index >= 15 is 0 Å². The second-order valence-electron chi connectivity index (χ2n) is 9.98. The van der Waals surface area contributed by atoms with E-state index < -0.39 is 0 Å². The molecule has 0 heterocycles. The Morgan fingerprint density at radius 1 is 0.617 bits per heavy atom. The first-order valence-electron chi connectivity index (χ1n) is 14.7. The maximum absolute atomic E-state index is 11.9. The average molecular weight is 793 g/mol. The van der Waals surface area contributed by atoms with Gasteiger partial charge in [-0.1, -0.05) is 68.3 Å². The van der Waals surface area contributed by atoms with Crippen LogP contribution in [0.15, 0.2) is 93.9 Å². The largest absolute Gasteiger partial charge is 0.493 e. The van der Waals surface area contributed by atoms with Crippen molar-refractivity contribution in [2.24, 2.45) is 5.73 Å². The Kier molecular flexibility index (Phi) is 18.6. The molecule has 4 aromatic rings. The molecule has 0 saturated heterocycles. The lowest BCUT2D eigenvalue weighted by Gasteiger charge is -2.10. The van der Waals surface area contributed by atoms with E-state index in [0.717, 1.165) is 50.0 Å². The molecule has 0 unspecified atom stereocenters. The number of ether oxygens (including phenoxy) is 4. The van der Waals surface area contributed by atoms with Gasteiger partial charge in [0.1, 0.15) is 0 Å². The number of carbonyl (C=O) groups excluding carboxylic acids is 2. The van der Waals surface area contributed by atoms with Gasteiger partial charge in [0.25, 0.3) is 0 Å². The minimum atomic E-state index is -0.327. The lowest BCUT2D eigenvalue weighted by molar-refractivity contribution is -0.120. The van der Waals surface area contributed by atoms with Crippen LogP contribution < -0.4 is 30.0 Å². The van der Waals surface area contributed by atoms with E-state index in [-0.39, 0.29) is 11.1 Å². The van der Waals surface area contributed by atoms with Crippen molar-refractivity contribution in [3.05, 3.63) is 116 Å². The van der Waals surface area contributed by atoms with E-state index in [1.807, 2.05) is 84.9 Å². The molecular weight excluding hydrogens is 752 g/mol. The zero-order chi connectivity index (χ0) is 34.6. The van der Waals surface area contributed by atoms with Gasteiger partial charge >= 0.3 is 0 Å². The van der Waals surface area contributed by atoms with Gasteiger partial charge in [0.05, 0.1) is 34.9 Å². The third-order valence-corrected chi connectivity index (χ3v) is 7.79. The summed E-state index contributed by atoms with van der Waals surface area (Å²) in [7, 11) is 6.48. The number of hydrogen-bond donors (Lipinski definition) is 2. The Morgan fingerprint density at radius 2 is 1.02 bits per heavy atom. The van der Waals surface area contributed by atoms with E-state index in [1.54, 1.807) is 28.4 Å². The summed E-state index contributed by atoms with van der Waals surface area (Å²) in [5, 5.41) is 2.61. The molecule has 0 aliphatic heterocycles. The summed E-state index contributed by atoms with van der Waals surface area (Å²) in [6.07, 6.45) is 2.29. The zero-order valence-electron chi connectivity index (χ0n) is 27.0. The van der Waals surface area contributed by atoms with Gasteiger partial charge in [-0.05, 0) is 102 Å². The van der Waals surface area contributed by atoms with Crippen molar-refractivity contribution in [2.75, 3.05) is 41.5 Å². The molecule has 0 atom stereocenters. The minimum Gasteiger partial charge on any atom is -0.493 e. The summed E-state index contributed by atoms with van der Waals surface area (Å²) in [6.45, 7) is 1.24. The molecule has 4 rings (SSSR count). The van der Waals surface area contributed by atoms with Crippen molar-refractivity contribution in [3.63, 3.8) is 0 Å². The molecule has 1 amide bonds. The number of amides is 1. The first-order chi connectivity index (χ1) is 22.6. The molecule has 0 radical (unpaired) electrons. The van der Waals surface area contributed by atoms with E-state index in [1.165, 1.54) is 5.56 Å². The van der Waals surface area contributed by atoms with E-state index in [2.05, 4.69) is 37.2 Å². The summed E-state index contributed by atoms with van der Waals surface area (Å²) >= 11 is 11.9. The quantitative estimate of drug-likeness (QED) is 0.137. The maximum Gasteiger partial charge on any atom is 0.226 e. The minimum absolute atomic E-state index is 0.0211. The number of carbonyl (C=O) groups is 2. The van der Waals surface area contributed by atoms with Gasteiger partial charge in [0.2, 0.25) is 11.1 Å². The van der Waals surface area contributed by atoms with Crippen LogP contribution in [0, 0.1) is 0 Å². The number of benzene rings is 4. The molecule has 252 valence electrons. The summed E-state index contributed by atoms with van der Waals surface area (Å²) < 4.78 is 22.8. The molecule has 0 spiro atoms. The molecule has 8 nitrogen and oxygen atoms in total. The van der Waals surface area contributed by atoms with Crippen LogP contribution in [0.25, 0.3) is 0 Å². The van der Waals surface area contributed by atoms with E-state index in [9.17, 15) is 9.59 Å². The normalized spacial score (nSPS) is 9.96. The standard InChI is InChI=1S/C18H20BrNO3.C10H15NO2.C8H6BrClO/c1-22-16-8-5-14(11-17(16)23-2)9-10-20-18(21)12-13-3-6-15(19)7-4-13;1-12-9-4-3-8(5-6-11)7-10(9)13-2;9-7-3-1-6(2-4-7)5-8(10)11/h3-8,11H,9-10,12H2,1-2H3,(H,20,21);3-4,7H,5-6,11H2,1-2H3;1-4H,5H2. The molecule has 47 heavy (non-hydrogen) atoms. The van der Waals surface area contributed by atoms with Crippen LogP contribution in [0.3, 0.4) is 0 Å². The number of nitrogens with two attached hydrogens (primary N) is 1. The molecule has 0 fully saturated rings. The summed E-state index contributed by atoms with van der Waals surface area (Å²) in [5.41, 5.74) is 9.64. The van der Waals surface area contributed by atoms with Gasteiger partial charge in [-0.25, -0.2) is 0 Å². The summed E-state index contributed by atoms with van der Waals surface area (Å²) in [5.74, 6) is 2.94. The van der Waals surface area contributed by atoms with Crippen molar-refractivity contribution in [1.29, 1.82) is 0 Å². The number of hydrogen-bond acceptors (Lipinski definition) is 7. The second-order valence-corrected chi connectivity index (χ2v) is 12.2. The predicted molar refractivity (Wildman–Crippen MR) is 195 cm³/mol. The van der Waals surface area contributed by atoms with Gasteiger partial charge in [-0.15, -0.1) is 0 Å². The first kappa shape index (κ1) is 39.6. The number of nitrogens with one attached hydrogen (secondary N) is 1. The van der Waals surface area contributed by atoms with Gasteiger partial charge in [0.15, 0.2) is 23.0 Å². The third-order valence-electron chi connectivity index (χ3n) is 6.60. The van der Waals surface area contributed by atoms with Crippen LogP contribution in [0.2, 0.25) is 0 Å². The highest BCUT2D eigenvalue weighted by atomic mass is 79.9. The van der Waals surface area contributed by atoms with E-state index in [4.69, 9.17) is 36.3 Å². The molecule has 0 saturated carbocycles. The van der Waals surface area contributed by atoms with Crippen LogP contribution in [0.5, 0.6) is 23.0 Å². The third kappa shape index (κ3) is 15.3. The second kappa shape index (κ2) is 22.1. The van der Waals surface area contributed by atoms with Gasteiger partial charge in [-0.3, -0.25) is 9.59 Å². The highest BCUT2D eigenvalue weighted by Gasteiger charge is 2.07. The molecule has 3 N–H and O–H groups in total. The van der Waals surface area contributed by atoms with Crippen molar-refractivity contribution < 1.29 is 28.5 Å². The Labute approximate surface area is 299 Å². The molecular formula is C36H41Br2ClN2O6. The van der Waals surface area contributed by atoms with Gasteiger partial charge in [-0.2, -0.15) is 0 Å². The zero-order valence-corrected chi connectivity index (χ0v) is 30.9. The molecule has 11 heteroatoms. The Bertz CT molecular complexity index is 1540. The van der Waals surface area contributed by atoms with Crippen molar-refractivity contribution in [1.82, 2.24) is 5.32 Å². The van der Waals surface area contributed by atoms with Gasteiger partial charge in [0, 0.05) is 21.9 Å². The predicted octanol–water partition coefficient (Wildman–Crippen LogP) is 7.33. The van der Waals surface area contributed by atoms with Crippen molar-refractivity contribution in [2.45, 2.75) is 25.7 Å². The summed E-state index contributed by atoms with van der Waals surface area (Å²) in [4.78, 5) is 22.4. The summed E-state index contributed by atoms with van der Waals surface area (Å²) in [6, 6.07) is 26.9. The highest BCUT2D eigenvalue weighted by Crippen LogP contribution is 2.28. The van der Waals surface area contributed by atoms with Gasteiger partial charge < -0.3 is 30.0 Å². The Balaban J connectivity index is 0.000000270. The van der Waals surface area contributed by atoms with Crippen LogP contribution in [0.1, 0.15) is 22.3 Å². The van der Waals surface area contributed by atoms with E-state index in [0.29, 0.717) is 37.4 Å². The van der Waals surface area contributed by atoms with Crippen LogP contribution in [-0.4, -0.2) is 52.7 Å². The fraction of sp³-hybridized carbons (Fsp3) is 0.278. The molecule has 0 bridgehead atoms.